The number of nitrogens with one attached hydrogen (secondary N) is 1. The Morgan fingerprint density at radius 2 is 1.83 bits per heavy atom. The molecule has 1 heterocycles. The van der Waals surface area contributed by atoms with Crippen LogP contribution < -0.4 is 14.8 Å². The molecule has 2 aromatic carbocycles. The van der Waals surface area contributed by atoms with E-state index in [0.717, 1.165) is 10.0 Å². The maximum Gasteiger partial charge on any atom is 0.248 e. The molecule has 24 heavy (non-hydrogen) atoms. The zero-order valence-electron chi connectivity index (χ0n) is 13.0. The second kappa shape index (κ2) is 7.77. The Kier molecular flexibility index (Phi) is 5.48. The largest absolute Gasteiger partial charge is 0.486 e. The molecule has 124 valence electrons. The number of ether oxygens (including phenoxy) is 2. The van der Waals surface area contributed by atoms with E-state index < -0.39 is 0 Å². The van der Waals surface area contributed by atoms with Crippen molar-refractivity contribution in [3.63, 3.8) is 0 Å². The van der Waals surface area contributed by atoms with Crippen molar-refractivity contribution in [1.29, 1.82) is 0 Å². The van der Waals surface area contributed by atoms with E-state index in [4.69, 9.17) is 9.47 Å². The molecule has 0 bridgehead atoms. The van der Waals surface area contributed by atoms with Gasteiger partial charge in [0.05, 0.1) is 5.69 Å². The average molecular weight is 406 g/mol. The quantitative estimate of drug-likeness (QED) is 0.596. The molecule has 0 fully saturated rings. The van der Waals surface area contributed by atoms with Gasteiger partial charge in [-0.25, -0.2) is 0 Å². The Morgan fingerprint density at radius 1 is 1.17 bits per heavy atom. The van der Waals surface area contributed by atoms with E-state index in [1.807, 2.05) is 30.5 Å². The number of benzene rings is 2. The Labute approximate surface area is 153 Å². The number of halogens is 1. The molecule has 0 spiro atoms. The van der Waals surface area contributed by atoms with Crippen LogP contribution in [0.5, 0.6) is 11.5 Å². The smallest absolute Gasteiger partial charge is 0.248 e. The van der Waals surface area contributed by atoms with Crippen LogP contribution in [0.25, 0.3) is 6.08 Å². The van der Waals surface area contributed by atoms with Gasteiger partial charge in [-0.3, -0.25) is 4.79 Å². The summed E-state index contributed by atoms with van der Waals surface area (Å²) in [4.78, 5) is 13.3. The van der Waals surface area contributed by atoms with E-state index in [2.05, 4.69) is 21.2 Å². The molecule has 0 aliphatic carbocycles. The Morgan fingerprint density at radius 3 is 2.50 bits per heavy atom. The predicted octanol–water partition coefficient (Wildman–Crippen LogP) is 4.59. The van der Waals surface area contributed by atoms with Gasteiger partial charge in [0, 0.05) is 27.6 Å². The molecule has 0 saturated heterocycles. The monoisotopic (exact) mass is 405 g/mol. The topological polar surface area (TPSA) is 47.6 Å². The summed E-state index contributed by atoms with van der Waals surface area (Å²) in [6, 6.07) is 11.6. The van der Waals surface area contributed by atoms with Crippen LogP contribution >= 0.6 is 27.7 Å². The summed E-state index contributed by atoms with van der Waals surface area (Å²) in [5.41, 5.74) is 1.62. The lowest BCUT2D eigenvalue weighted by atomic mass is 10.2. The van der Waals surface area contributed by atoms with Crippen LogP contribution in [0.4, 0.5) is 5.69 Å². The molecule has 1 N–H and O–H groups in total. The number of hydrogen-bond donors (Lipinski definition) is 1. The highest BCUT2D eigenvalue weighted by atomic mass is 79.9. The normalized spacial score (nSPS) is 13.1. The van der Waals surface area contributed by atoms with Crippen molar-refractivity contribution in [3.8, 4) is 11.5 Å². The van der Waals surface area contributed by atoms with Gasteiger partial charge in [0.1, 0.15) is 13.2 Å². The van der Waals surface area contributed by atoms with E-state index in [1.165, 1.54) is 11.0 Å². The van der Waals surface area contributed by atoms with Crippen molar-refractivity contribution in [2.24, 2.45) is 0 Å². The number of fused-ring (bicyclic) bond motifs is 1. The summed E-state index contributed by atoms with van der Waals surface area (Å²) in [6.07, 6.45) is 5.33. The van der Waals surface area contributed by atoms with Gasteiger partial charge in [0.2, 0.25) is 5.91 Å². The fourth-order valence-corrected chi connectivity index (χ4v) is 3.05. The molecule has 1 aliphatic rings. The van der Waals surface area contributed by atoms with Crippen molar-refractivity contribution in [1.82, 2.24) is 0 Å². The number of carbonyl (C=O) groups excluding carboxylic acids is 1. The number of hydrogen-bond acceptors (Lipinski definition) is 4. The van der Waals surface area contributed by atoms with Crippen LogP contribution in [0.15, 0.2) is 51.8 Å². The van der Waals surface area contributed by atoms with E-state index in [1.54, 1.807) is 30.0 Å². The highest BCUT2D eigenvalue weighted by molar-refractivity contribution is 9.10. The zero-order chi connectivity index (χ0) is 16.9. The maximum absolute atomic E-state index is 12.1. The number of carbonyl (C=O) groups is 1. The van der Waals surface area contributed by atoms with Gasteiger partial charge in [-0.1, -0.05) is 12.1 Å². The van der Waals surface area contributed by atoms with Gasteiger partial charge in [-0.15, -0.1) is 11.8 Å². The van der Waals surface area contributed by atoms with Crippen molar-refractivity contribution in [2.45, 2.75) is 4.90 Å². The minimum atomic E-state index is -0.207. The lowest BCUT2D eigenvalue weighted by Gasteiger charge is -2.19. The summed E-state index contributed by atoms with van der Waals surface area (Å²) < 4.78 is 11.8. The van der Waals surface area contributed by atoms with Crippen LogP contribution in [0.2, 0.25) is 0 Å². The molecule has 6 heteroatoms. The van der Waals surface area contributed by atoms with Crippen molar-refractivity contribution >= 4 is 45.4 Å². The van der Waals surface area contributed by atoms with Crippen LogP contribution in [0.1, 0.15) is 5.56 Å². The molecular weight excluding hydrogens is 390 g/mol. The van der Waals surface area contributed by atoms with Gasteiger partial charge in [-0.2, -0.15) is 0 Å². The summed E-state index contributed by atoms with van der Waals surface area (Å²) in [7, 11) is 0. The second-order valence-corrected chi connectivity index (χ2v) is 6.81. The minimum Gasteiger partial charge on any atom is -0.486 e. The first-order valence-electron chi connectivity index (χ1n) is 7.38. The molecule has 0 unspecified atom stereocenters. The van der Waals surface area contributed by atoms with E-state index in [-0.39, 0.29) is 5.91 Å². The fraction of sp³-hybridized carbons (Fsp3) is 0.167. The Hall–Kier alpha value is -1.92. The highest BCUT2D eigenvalue weighted by Crippen LogP contribution is 2.38. The standard InChI is InChI=1S/C18H16BrNO3S/c1-24-13-5-2-12(3-6-13)4-7-18(21)20-15-11-17-16(10-14(15)19)22-8-9-23-17/h2-7,10-11H,8-9H2,1H3,(H,20,21)/b7-4+. The van der Waals surface area contributed by atoms with E-state index >= 15 is 0 Å². The molecule has 1 amide bonds. The van der Waals surface area contributed by atoms with Crippen LogP contribution in [-0.4, -0.2) is 25.4 Å². The van der Waals surface area contributed by atoms with Gasteiger partial charge >= 0.3 is 0 Å². The van der Waals surface area contributed by atoms with Crippen LogP contribution in [0, 0.1) is 0 Å². The molecule has 3 rings (SSSR count). The first-order valence-corrected chi connectivity index (χ1v) is 9.40. The first kappa shape index (κ1) is 16.9. The maximum atomic E-state index is 12.1. The first-order chi connectivity index (χ1) is 11.7. The van der Waals surface area contributed by atoms with E-state index in [9.17, 15) is 4.79 Å². The summed E-state index contributed by atoms with van der Waals surface area (Å²) >= 11 is 5.12. The van der Waals surface area contributed by atoms with Crippen LogP contribution in [-0.2, 0) is 4.79 Å². The molecule has 4 nitrogen and oxygen atoms in total. The highest BCUT2D eigenvalue weighted by Gasteiger charge is 2.15. The van der Waals surface area contributed by atoms with Crippen molar-refractivity contribution in [3.05, 3.63) is 52.5 Å². The zero-order valence-corrected chi connectivity index (χ0v) is 15.4. The van der Waals surface area contributed by atoms with Gasteiger partial charge in [0.15, 0.2) is 11.5 Å². The van der Waals surface area contributed by atoms with Gasteiger partial charge < -0.3 is 14.8 Å². The molecule has 2 aromatic rings. The van der Waals surface area contributed by atoms with E-state index in [0.29, 0.717) is 30.4 Å². The lowest BCUT2D eigenvalue weighted by Crippen LogP contribution is -2.16. The SMILES string of the molecule is CSc1ccc(/C=C/C(=O)Nc2cc3c(cc2Br)OCCO3)cc1. The van der Waals surface area contributed by atoms with Gasteiger partial charge in [-0.05, 0) is 46.0 Å². The molecule has 0 atom stereocenters. The predicted molar refractivity (Wildman–Crippen MR) is 101 cm³/mol. The fourth-order valence-electron chi connectivity index (χ4n) is 2.22. The second-order valence-electron chi connectivity index (χ2n) is 5.07. The Bertz CT molecular complexity index is 775. The molecule has 1 aliphatic heterocycles. The molecule has 0 aromatic heterocycles. The third-order valence-corrected chi connectivity index (χ3v) is 4.83. The number of amides is 1. The number of anilines is 1. The lowest BCUT2D eigenvalue weighted by molar-refractivity contribution is -0.111. The third-order valence-electron chi connectivity index (χ3n) is 3.43. The molecule has 0 saturated carbocycles. The van der Waals surface area contributed by atoms with Crippen molar-refractivity contribution in [2.75, 3.05) is 24.8 Å². The average Bonchev–Trinajstić information content (AvgIpc) is 2.61. The van der Waals surface area contributed by atoms with Crippen LogP contribution in [0.3, 0.4) is 0 Å². The van der Waals surface area contributed by atoms with Crippen molar-refractivity contribution < 1.29 is 14.3 Å². The van der Waals surface area contributed by atoms with Gasteiger partial charge in [0.25, 0.3) is 0 Å². The third kappa shape index (κ3) is 4.13. The number of rotatable bonds is 4. The Balaban J connectivity index is 1.69. The number of thioether (sulfide) groups is 1. The molecular formula is C18H16BrNO3S. The minimum absolute atomic E-state index is 0.207. The summed E-state index contributed by atoms with van der Waals surface area (Å²) in [5.74, 6) is 1.10. The summed E-state index contributed by atoms with van der Waals surface area (Å²) in [5, 5.41) is 2.84. The molecule has 0 radical (unpaired) electrons. The summed E-state index contributed by atoms with van der Waals surface area (Å²) in [6.45, 7) is 1.04.